The second-order valence-corrected chi connectivity index (χ2v) is 7.77. The molecule has 1 atom stereocenters. The first-order valence-electron chi connectivity index (χ1n) is 8.59. The van der Waals surface area contributed by atoms with Crippen LogP contribution in [0.5, 0.6) is 5.75 Å². The van der Waals surface area contributed by atoms with E-state index in [2.05, 4.69) is 22.1 Å². The van der Waals surface area contributed by atoms with Crippen molar-refractivity contribution in [1.29, 1.82) is 0 Å². The van der Waals surface area contributed by atoms with E-state index in [0.29, 0.717) is 16.9 Å². The molecule has 1 N–H and O–H groups in total. The normalized spacial score (nSPS) is 16.7. The van der Waals surface area contributed by atoms with E-state index in [9.17, 15) is 4.79 Å². The Hall–Kier alpha value is -2.02. The number of nitrogens with one attached hydrogen (secondary N) is 1. The molecule has 2 aromatic rings. The van der Waals surface area contributed by atoms with Crippen molar-refractivity contribution in [1.82, 2.24) is 20.1 Å². The number of rotatable bonds is 5. The molecule has 1 amide bonds. The predicted octanol–water partition coefficient (Wildman–Crippen LogP) is 3.22. The van der Waals surface area contributed by atoms with E-state index >= 15 is 0 Å². The number of ether oxygens (including phenoxy) is 1. The summed E-state index contributed by atoms with van der Waals surface area (Å²) in [6, 6.07) is 7.62. The number of piperidine rings is 1. The minimum absolute atomic E-state index is 0.174. The van der Waals surface area contributed by atoms with E-state index in [1.165, 1.54) is 11.8 Å². The second kappa shape index (κ2) is 7.91. The highest BCUT2D eigenvalue weighted by atomic mass is 32.2. The molecule has 1 saturated heterocycles. The number of H-pyrrole nitrogens is 1. The maximum atomic E-state index is 12.6. The number of benzene rings is 1. The van der Waals surface area contributed by atoms with Crippen molar-refractivity contribution in [3.63, 3.8) is 0 Å². The molecule has 2 heterocycles. The monoisotopic (exact) mass is 360 g/mol. The van der Waals surface area contributed by atoms with Crippen molar-refractivity contribution >= 4 is 17.7 Å². The number of hydrogen-bond donors (Lipinski definition) is 1. The van der Waals surface area contributed by atoms with Crippen LogP contribution in [0.25, 0.3) is 11.4 Å². The van der Waals surface area contributed by atoms with Gasteiger partial charge in [-0.15, -0.1) is 5.10 Å². The summed E-state index contributed by atoms with van der Waals surface area (Å²) in [5, 5.41) is 7.59. The van der Waals surface area contributed by atoms with Crippen LogP contribution in [-0.4, -0.2) is 51.4 Å². The van der Waals surface area contributed by atoms with Crippen molar-refractivity contribution in [2.24, 2.45) is 5.92 Å². The van der Waals surface area contributed by atoms with Crippen LogP contribution < -0.4 is 4.74 Å². The van der Waals surface area contributed by atoms with Crippen molar-refractivity contribution in [3.8, 4) is 17.1 Å². The highest BCUT2D eigenvalue weighted by Crippen LogP contribution is 2.26. The Balaban J connectivity index is 1.61. The van der Waals surface area contributed by atoms with Gasteiger partial charge in [-0.05, 0) is 49.9 Å². The molecule has 0 bridgehead atoms. The van der Waals surface area contributed by atoms with Gasteiger partial charge in [0.2, 0.25) is 11.1 Å². The molecule has 0 unspecified atom stereocenters. The minimum atomic E-state index is -0.187. The molecule has 1 aromatic heterocycles. The predicted molar refractivity (Wildman–Crippen MR) is 98.7 cm³/mol. The van der Waals surface area contributed by atoms with Crippen molar-refractivity contribution in [3.05, 3.63) is 24.3 Å². The van der Waals surface area contributed by atoms with E-state index in [0.717, 1.165) is 37.2 Å². The first kappa shape index (κ1) is 17.8. The van der Waals surface area contributed by atoms with E-state index in [4.69, 9.17) is 4.74 Å². The summed E-state index contributed by atoms with van der Waals surface area (Å²) < 4.78 is 5.16. The van der Waals surface area contributed by atoms with Crippen molar-refractivity contribution in [2.75, 3.05) is 20.2 Å². The zero-order valence-electron chi connectivity index (χ0n) is 14.9. The Morgan fingerprint density at radius 1 is 1.32 bits per heavy atom. The molecule has 0 spiro atoms. The zero-order valence-corrected chi connectivity index (χ0v) is 15.7. The standard InChI is InChI=1S/C18H24N4O2S/c1-12-8-10-22(11-9-12)17(23)13(2)25-18-19-16(20-21-18)14-4-6-15(24-3)7-5-14/h4-7,12-13H,8-11H2,1-3H3,(H,19,20,21)/t13-/m1/s1. The highest BCUT2D eigenvalue weighted by molar-refractivity contribution is 8.00. The number of aromatic nitrogens is 3. The topological polar surface area (TPSA) is 71.1 Å². The van der Waals surface area contributed by atoms with Gasteiger partial charge in [-0.3, -0.25) is 9.89 Å². The molecular formula is C18H24N4O2S. The molecule has 0 aliphatic carbocycles. The Kier molecular flexibility index (Phi) is 5.63. The third kappa shape index (κ3) is 4.34. The fraction of sp³-hybridized carbons (Fsp3) is 0.500. The molecule has 25 heavy (non-hydrogen) atoms. The van der Waals surface area contributed by atoms with E-state index in [-0.39, 0.29) is 11.2 Å². The third-order valence-corrected chi connectivity index (χ3v) is 5.50. The summed E-state index contributed by atoms with van der Waals surface area (Å²) in [7, 11) is 1.64. The summed E-state index contributed by atoms with van der Waals surface area (Å²) in [5.41, 5.74) is 0.934. The van der Waals surface area contributed by atoms with Gasteiger partial charge in [0.15, 0.2) is 5.82 Å². The second-order valence-electron chi connectivity index (χ2n) is 6.46. The molecule has 6 nitrogen and oxygen atoms in total. The molecule has 1 aromatic carbocycles. The average Bonchev–Trinajstić information content (AvgIpc) is 3.10. The van der Waals surface area contributed by atoms with Crippen LogP contribution in [0.15, 0.2) is 29.4 Å². The molecule has 7 heteroatoms. The van der Waals surface area contributed by atoms with Crippen LogP contribution in [0.2, 0.25) is 0 Å². The summed E-state index contributed by atoms with van der Waals surface area (Å²) in [6.45, 7) is 5.88. The van der Waals surface area contributed by atoms with Crippen LogP contribution in [0.3, 0.4) is 0 Å². The van der Waals surface area contributed by atoms with E-state index in [1.807, 2.05) is 36.1 Å². The Morgan fingerprint density at radius 2 is 2.00 bits per heavy atom. The maximum Gasteiger partial charge on any atom is 0.235 e. The Bertz CT molecular complexity index is 708. The zero-order chi connectivity index (χ0) is 17.8. The van der Waals surface area contributed by atoms with Crippen LogP contribution in [0.4, 0.5) is 0 Å². The molecule has 0 saturated carbocycles. The van der Waals surface area contributed by atoms with Crippen LogP contribution in [0, 0.1) is 5.92 Å². The lowest BCUT2D eigenvalue weighted by molar-refractivity contribution is -0.131. The smallest absolute Gasteiger partial charge is 0.235 e. The number of methoxy groups -OCH3 is 1. The molecule has 1 fully saturated rings. The van der Waals surface area contributed by atoms with E-state index < -0.39 is 0 Å². The van der Waals surface area contributed by atoms with Gasteiger partial charge in [0.05, 0.1) is 12.4 Å². The van der Waals surface area contributed by atoms with Gasteiger partial charge in [0.25, 0.3) is 0 Å². The van der Waals surface area contributed by atoms with Gasteiger partial charge in [0.1, 0.15) is 5.75 Å². The number of likely N-dealkylation sites (tertiary alicyclic amines) is 1. The van der Waals surface area contributed by atoms with Crippen molar-refractivity contribution in [2.45, 2.75) is 37.1 Å². The first-order chi connectivity index (χ1) is 12.1. The first-order valence-corrected chi connectivity index (χ1v) is 9.47. The largest absolute Gasteiger partial charge is 0.497 e. The number of aromatic amines is 1. The van der Waals surface area contributed by atoms with Crippen LogP contribution in [0.1, 0.15) is 26.7 Å². The number of nitrogens with zero attached hydrogens (tertiary/aromatic N) is 3. The number of thioether (sulfide) groups is 1. The molecular weight excluding hydrogens is 336 g/mol. The fourth-order valence-electron chi connectivity index (χ4n) is 2.87. The molecule has 3 rings (SSSR count). The summed E-state index contributed by atoms with van der Waals surface area (Å²) in [6.07, 6.45) is 2.18. The number of amides is 1. The average molecular weight is 360 g/mol. The summed E-state index contributed by atoms with van der Waals surface area (Å²) in [4.78, 5) is 19.0. The fourth-order valence-corrected chi connectivity index (χ4v) is 3.68. The number of carbonyl (C=O) groups is 1. The Labute approximate surface area is 152 Å². The van der Waals surface area contributed by atoms with Gasteiger partial charge < -0.3 is 9.64 Å². The van der Waals surface area contributed by atoms with Crippen LogP contribution in [-0.2, 0) is 4.79 Å². The van der Waals surface area contributed by atoms with E-state index in [1.54, 1.807) is 7.11 Å². The van der Waals surface area contributed by atoms with Crippen LogP contribution >= 0.6 is 11.8 Å². The van der Waals surface area contributed by atoms with Gasteiger partial charge in [-0.25, -0.2) is 4.98 Å². The third-order valence-electron chi connectivity index (χ3n) is 4.55. The molecule has 134 valence electrons. The SMILES string of the molecule is COc1ccc(-c2nc(S[C@H](C)C(=O)N3CCC(C)CC3)n[nH]2)cc1. The lowest BCUT2D eigenvalue weighted by Crippen LogP contribution is -2.41. The molecule has 1 aliphatic rings. The quantitative estimate of drug-likeness (QED) is 0.829. The minimum Gasteiger partial charge on any atom is -0.497 e. The van der Waals surface area contributed by atoms with Gasteiger partial charge in [-0.1, -0.05) is 18.7 Å². The van der Waals surface area contributed by atoms with Crippen molar-refractivity contribution < 1.29 is 9.53 Å². The maximum absolute atomic E-state index is 12.6. The van der Waals surface area contributed by atoms with Gasteiger partial charge in [0, 0.05) is 18.7 Å². The van der Waals surface area contributed by atoms with Gasteiger partial charge >= 0.3 is 0 Å². The number of carbonyl (C=O) groups excluding carboxylic acids is 1. The summed E-state index contributed by atoms with van der Waals surface area (Å²) in [5.74, 6) is 2.38. The summed E-state index contributed by atoms with van der Waals surface area (Å²) >= 11 is 1.40. The molecule has 0 radical (unpaired) electrons. The highest BCUT2D eigenvalue weighted by Gasteiger charge is 2.26. The lowest BCUT2D eigenvalue weighted by atomic mass is 9.99. The number of hydrogen-bond acceptors (Lipinski definition) is 5. The van der Waals surface area contributed by atoms with Gasteiger partial charge in [-0.2, -0.15) is 0 Å². The molecule has 1 aliphatic heterocycles. The lowest BCUT2D eigenvalue weighted by Gasteiger charge is -2.31. The Morgan fingerprint density at radius 3 is 2.64 bits per heavy atom.